The summed E-state index contributed by atoms with van der Waals surface area (Å²) in [6.45, 7) is 2.40. The quantitative estimate of drug-likeness (QED) is 0.735. The fourth-order valence-corrected chi connectivity index (χ4v) is 1.21. The summed E-state index contributed by atoms with van der Waals surface area (Å²) in [4.78, 5) is 0.397. The molecule has 2 N–H and O–H groups in total. The van der Waals surface area contributed by atoms with E-state index < -0.39 is 0 Å². The molecule has 1 heterocycles. The van der Waals surface area contributed by atoms with E-state index in [9.17, 15) is 0 Å². The normalized spacial score (nSPS) is 12.7. The van der Waals surface area contributed by atoms with Gasteiger partial charge in [0.05, 0.1) is 6.26 Å². The monoisotopic (exact) mass is 199 g/mol. The Morgan fingerprint density at radius 2 is 2.54 bits per heavy atom. The second-order valence-corrected chi connectivity index (χ2v) is 3.16. The SMILES string of the molecule is CCC(OCc1ccco1)C(N)=S. The predicted octanol–water partition coefficient (Wildman–Crippen LogP) is 1.86. The van der Waals surface area contributed by atoms with Crippen LogP contribution >= 0.6 is 12.2 Å². The molecule has 0 aliphatic rings. The van der Waals surface area contributed by atoms with Crippen molar-refractivity contribution in [2.24, 2.45) is 5.73 Å². The lowest BCUT2D eigenvalue weighted by Crippen LogP contribution is -2.28. The summed E-state index contributed by atoms with van der Waals surface area (Å²) in [6.07, 6.45) is 2.25. The predicted molar refractivity (Wildman–Crippen MR) is 54.4 cm³/mol. The molecule has 0 aliphatic carbocycles. The Balaban J connectivity index is 2.36. The third-order valence-electron chi connectivity index (χ3n) is 1.70. The highest BCUT2D eigenvalue weighted by atomic mass is 32.1. The molecule has 4 heteroatoms. The Bertz CT molecular complexity index is 259. The summed E-state index contributed by atoms with van der Waals surface area (Å²) in [5.74, 6) is 0.787. The van der Waals surface area contributed by atoms with Crippen molar-refractivity contribution >= 4 is 17.2 Å². The van der Waals surface area contributed by atoms with Crippen molar-refractivity contribution in [1.29, 1.82) is 0 Å². The lowest BCUT2D eigenvalue weighted by molar-refractivity contribution is 0.0708. The van der Waals surface area contributed by atoms with Gasteiger partial charge in [-0.05, 0) is 18.6 Å². The molecular weight excluding hydrogens is 186 g/mol. The zero-order valence-electron chi connectivity index (χ0n) is 7.53. The molecule has 0 aromatic carbocycles. The molecule has 13 heavy (non-hydrogen) atoms. The van der Waals surface area contributed by atoms with E-state index in [0.29, 0.717) is 11.6 Å². The van der Waals surface area contributed by atoms with Crippen LogP contribution in [0.3, 0.4) is 0 Å². The summed E-state index contributed by atoms with van der Waals surface area (Å²) in [5, 5.41) is 0. The van der Waals surface area contributed by atoms with Gasteiger partial charge in [-0.15, -0.1) is 0 Å². The second kappa shape index (κ2) is 4.99. The molecule has 1 unspecified atom stereocenters. The Morgan fingerprint density at radius 3 is 3.00 bits per heavy atom. The maximum Gasteiger partial charge on any atom is 0.129 e. The third kappa shape index (κ3) is 3.16. The van der Waals surface area contributed by atoms with E-state index in [0.717, 1.165) is 12.2 Å². The van der Waals surface area contributed by atoms with Crippen LogP contribution in [0.5, 0.6) is 0 Å². The zero-order valence-corrected chi connectivity index (χ0v) is 8.34. The van der Waals surface area contributed by atoms with Crippen LogP contribution in [0.25, 0.3) is 0 Å². The van der Waals surface area contributed by atoms with E-state index in [-0.39, 0.29) is 6.10 Å². The molecule has 0 spiro atoms. The first-order valence-electron chi connectivity index (χ1n) is 4.17. The number of rotatable bonds is 5. The molecule has 72 valence electrons. The van der Waals surface area contributed by atoms with E-state index in [2.05, 4.69) is 0 Å². The molecule has 3 nitrogen and oxygen atoms in total. The highest BCUT2D eigenvalue weighted by Gasteiger charge is 2.09. The van der Waals surface area contributed by atoms with Gasteiger partial charge < -0.3 is 14.9 Å². The van der Waals surface area contributed by atoms with Gasteiger partial charge in [0.15, 0.2) is 0 Å². The summed E-state index contributed by atoms with van der Waals surface area (Å²) in [5.41, 5.74) is 5.46. The van der Waals surface area contributed by atoms with E-state index in [1.165, 1.54) is 0 Å². The van der Waals surface area contributed by atoms with Gasteiger partial charge in [-0.2, -0.15) is 0 Å². The second-order valence-electron chi connectivity index (χ2n) is 2.69. The van der Waals surface area contributed by atoms with Crippen LogP contribution in [0.1, 0.15) is 19.1 Å². The van der Waals surface area contributed by atoms with Crippen molar-refractivity contribution < 1.29 is 9.15 Å². The van der Waals surface area contributed by atoms with Crippen LogP contribution in [0.15, 0.2) is 22.8 Å². The Morgan fingerprint density at radius 1 is 1.77 bits per heavy atom. The minimum Gasteiger partial charge on any atom is -0.467 e. The van der Waals surface area contributed by atoms with E-state index in [1.54, 1.807) is 6.26 Å². The number of hydrogen-bond donors (Lipinski definition) is 1. The van der Waals surface area contributed by atoms with Crippen molar-refractivity contribution in [3.8, 4) is 0 Å². The highest BCUT2D eigenvalue weighted by Crippen LogP contribution is 2.06. The minimum absolute atomic E-state index is 0.153. The average molecular weight is 199 g/mol. The van der Waals surface area contributed by atoms with E-state index in [4.69, 9.17) is 27.1 Å². The van der Waals surface area contributed by atoms with Crippen molar-refractivity contribution in [2.45, 2.75) is 26.1 Å². The van der Waals surface area contributed by atoms with Crippen molar-refractivity contribution in [1.82, 2.24) is 0 Å². The van der Waals surface area contributed by atoms with Crippen LogP contribution in [0.2, 0.25) is 0 Å². The summed E-state index contributed by atoms with van der Waals surface area (Å²) in [7, 11) is 0. The van der Waals surface area contributed by atoms with Crippen LogP contribution in [-0.2, 0) is 11.3 Å². The summed E-state index contributed by atoms with van der Waals surface area (Å²) < 4.78 is 10.5. The lowest BCUT2D eigenvalue weighted by Gasteiger charge is -2.12. The first kappa shape index (κ1) is 10.2. The number of thiocarbonyl (C=S) groups is 1. The molecule has 1 rings (SSSR count). The summed E-state index contributed by atoms with van der Waals surface area (Å²) in [6, 6.07) is 3.67. The zero-order chi connectivity index (χ0) is 9.68. The van der Waals surface area contributed by atoms with E-state index in [1.807, 2.05) is 19.1 Å². The fourth-order valence-electron chi connectivity index (χ4n) is 0.979. The maximum atomic E-state index is 5.46. The molecule has 0 fully saturated rings. The molecule has 0 radical (unpaired) electrons. The first-order chi connectivity index (χ1) is 6.24. The number of ether oxygens (including phenoxy) is 1. The largest absolute Gasteiger partial charge is 0.467 e. The summed E-state index contributed by atoms with van der Waals surface area (Å²) >= 11 is 4.83. The van der Waals surface area contributed by atoms with Gasteiger partial charge >= 0.3 is 0 Å². The van der Waals surface area contributed by atoms with Gasteiger partial charge in [0.2, 0.25) is 0 Å². The van der Waals surface area contributed by atoms with E-state index >= 15 is 0 Å². The molecular formula is C9H13NO2S. The Labute approximate surface area is 82.9 Å². The smallest absolute Gasteiger partial charge is 0.129 e. The van der Waals surface area contributed by atoms with Crippen LogP contribution in [-0.4, -0.2) is 11.1 Å². The van der Waals surface area contributed by atoms with Gasteiger partial charge in [-0.3, -0.25) is 0 Å². The topological polar surface area (TPSA) is 48.4 Å². The standard InChI is InChI=1S/C9H13NO2S/c1-2-8(9(10)13)12-6-7-4-3-5-11-7/h3-5,8H,2,6H2,1H3,(H2,10,13). The number of nitrogens with two attached hydrogens (primary N) is 1. The maximum absolute atomic E-state index is 5.46. The van der Waals surface area contributed by atoms with Crippen LogP contribution in [0, 0.1) is 0 Å². The Kier molecular flexibility index (Phi) is 3.92. The Hall–Kier alpha value is -0.870. The average Bonchev–Trinajstić information content (AvgIpc) is 2.57. The van der Waals surface area contributed by atoms with Gasteiger partial charge in [0, 0.05) is 0 Å². The van der Waals surface area contributed by atoms with Crippen molar-refractivity contribution in [2.75, 3.05) is 0 Å². The number of furan rings is 1. The molecule has 1 aromatic rings. The van der Waals surface area contributed by atoms with Gasteiger partial charge in [0.1, 0.15) is 23.5 Å². The third-order valence-corrected chi connectivity index (χ3v) is 1.96. The van der Waals surface area contributed by atoms with Gasteiger partial charge in [0.25, 0.3) is 0 Å². The van der Waals surface area contributed by atoms with Crippen LogP contribution < -0.4 is 5.73 Å². The molecule has 0 saturated heterocycles. The molecule has 1 atom stereocenters. The first-order valence-corrected chi connectivity index (χ1v) is 4.58. The van der Waals surface area contributed by atoms with Crippen molar-refractivity contribution in [3.63, 3.8) is 0 Å². The lowest BCUT2D eigenvalue weighted by atomic mass is 10.3. The molecule has 0 amide bonds. The molecule has 0 bridgehead atoms. The van der Waals surface area contributed by atoms with Crippen molar-refractivity contribution in [3.05, 3.63) is 24.2 Å². The molecule has 0 aliphatic heterocycles. The fraction of sp³-hybridized carbons (Fsp3) is 0.444. The van der Waals surface area contributed by atoms with Crippen LogP contribution in [0.4, 0.5) is 0 Å². The molecule has 0 saturated carbocycles. The highest BCUT2D eigenvalue weighted by molar-refractivity contribution is 7.80. The minimum atomic E-state index is -0.153. The van der Waals surface area contributed by atoms with Gasteiger partial charge in [-0.1, -0.05) is 19.1 Å². The molecule has 1 aromatic heterocycles. The van der Waals surface area contributed by atoms with Gasteiger partial charge in [-0.25, -0.2) is 0 Å². The number of hydrogen-bond acceptors (Lipinski definition) is 3.